The summed E-state index contributed by atoms with van der Waals surface area (Å²) in [5.74, 6) is -0.0397. The van der Waals surface area contributed by atoms with Crippen LogP contribution in [0.3, 0.4) is 0 Å². The van der Waals surface area contributed by atoms with Crippen LogP contribution >= 0.6 is 0 Å². The molecule has 1 fully saturated rings. The zero-order valence-corrected chi connectivity index (χ0v) is 10.1. The minimum Gasteiger partial charge on any atom is -0.364 e. The molecule has 1 aliphatic rings. The molecule has 0 aromatic carbocycles. The first-order valence-corrected chi connectivity index (χ1v) is 5.94. The van der Waals surface area contributed by atoms with Crippen molar-refractivity contribution in [3.8, 4) is 0 Å². The number of hydrogen-bond acceptors (Lipinski definition) is 3. The number of amides is 1. The fourth-order valence-corrected chi connectivity index (χ4v) is 2.04. The lowest BCUT2D eigenvalue weighted by Crippen LogP contribution is -2.35. The normalized spacial score (nSPS) is 23.9. The van der Waals surface area contributed by atoms with Crippen LogP contribution in [-0.2, 0) is 23.1 Å². The van der Waals surface area contributed by atoms with Crippen LogP contribution in [0.25, 0.3) is 0 Å². The molecule has 94 valence electrons. The number of carbonyl (C=O) groups is 1. The minimum atomic E-state index is -0.330. The molecule has 0 radical (unpaired) electrons. The summed E-state index contributed by atoms with van der Waals surface area (Å²) in [6.07, 6.45) is 3.31. The Balaban J connectivity index is 1.80. The summed E-state index contributed by atoms with van der Waals surface area (Å²) in [6, 6.07) is 3.94. The maximum absolute atomic E-state index is 11.8. The summed E-state index contributed by atoms with van der Waals surface area (Å²) in [5, 5.41) is 2.89. The van der Waals surface area contributed by atoms with E-state index in [0.29, 0.717) is 13.1 Å². The van der Waals surface area contributed by atoms with E-state index < -0.39 is 0 Å². The van der Waals surface area contributed by atoms with Crippen molar-refractivity contribution >= 4 is 5.91 Å². The number of aromatic nitrogens is 1. The van der Waals surface area contributed by atoms with Gasteiger partial charge >= 0.3 is 0 Å². The fourth-order valence-electron chi connectivity index (χ4n) is 2.04. The molecule has 2 heterocycles. The number of nitrogens with zero attached hydrogens (tertiary/aromatic N) is 1. The van der Waals surface area contributed by atoms with Crippen molar-refractivity contribution in [2.24, 2.45) is 12.8 Å². The van der Waals surface area contributed by atoms with Crippen LogP contribution < -0.4 is 11.1 Å². The van der Waals surface area contributed by atoms with Gasteiger partial charge in [-0.25, -0.2) is 0 Å². The average molecular weight is 237 g/mol. The average Bonchev–Trinajstić information content (AvgIpc) is 2.94. The zero-order valence-electron chi connectivity index (χ0n) is 10.1. The van der Waals surface area contributed by atoms with Gasteiger partial charge in [-0.05, 0) is 25.0 Å². The second-order valence-electron chi connectivity index (χ2n) is 4.39. The summed E-state index contributed by atoms with van der Waals surface area (Å²) >= 11 is 0. The van der Waals surface area contributed by atoms with E-state index in [-0.39, 0.29) is 18.1 Å². The van der Waals surface area contributed by atoms with E-state index in [1.54, 1.807) is 0 Å². The predicted molar refractivity (Wildman–Crippen MR) is 64.2 cm³/mol. The minimum absolute atomic E-state index is 0.0397. The first-order chi connectivity index (χ1) is 8.20. The fraction of sp³-hybridized carbons (Fsp3) is 0.583. The van der Waals surface area contributed by atoms with Gasteiger partial charge in [-0.3, -0.25) is 4.79 Å². The smallest absolute Gasteiger partial charge is 0.249 e. The Kier molecular flexibility index (Phi) is 3.81. The Labute approximate surface area is 101 Å². The number of nitrogens with two attached hydrogens (primary N) is 1. The molecule has 1 aromatic rings. The Morgan fingerprint density at radius 3 is 3.06 bits per heavy atom. The van der Waals surface area contributed by atoms with Gasteiger partial charge in [-0.2, -0.15) is 0 Å². The van der Waals surface area contributed by atoms with Gasteiger partial charge in [0, 0.05) is 25.5 Å². The highest BCUT2D eigenvalue weighted by Gasteiger charge is 2.29. The van der Waals surface area contributed by atoms with E-state index in [4.69, 9.17) is 10.5 Å². The Bertz CT molecular complexity index is 389. The lowest BCUT2D eigenvalue weighted by atomic mass is 10.2. The topological polar surface area (TPSA) is 69.3 Å². The van der Waals surface area contributed by atoms with E-state index in [1.165, 1.54) is 0 Å². The molecule has 0 spiro atoms. The zero-order chi connectivity index (χ0) is 12.3. The lowest BCUT2D eigenvalue weighted by Gasteiger charge is -2.12. The van der Waals surface area contributed by atoms with Crippen LogP contribution in [0.5, 0.6) is 0 Å². The molecule has 2 unspecified atom stereocenters. The highest BCUT2D eigenvalue weighted by Crippen LogP contribution is 2.18. The molecule has 1 saturated heterocycles. The van der Waals surface area contributed by atoms with Gasteiger partial charge in [0.2, 0.25) is 5.91 Å². The molecule has 1 aromatic heterocycles. The summed E-state index contributed by atoms with van der Waals surface area (Å²) in [6.45, 7) is 1.02. The predicted octanol–water partition coefficient (Wildman–Crippen LogP) is 0.148. The van der Waals surface area contributed by atoms with Crippen molar-refractivity contribution in [2.45, 2.75) is 31.6 Å². The summed E-state index contributed by atoms with van der Waals surface area (Å²) < 4.78 is 7.51. The Morgan fingerprint density at radius 1 is 1.65 bits per heavy atom. The number of aryl methyl sites for hydroxylation is 1. The second kappa shape index (κ2) is 5.33. The van der Waals surface area contributed by atoms with E-state index in [2.05, 4.69) is 5.32 Å². The molecule has 17 heavy (non-hydrogen) atoms. The van der Waals surface area contributed by atoms with Gasteiger partial charge in [-0.1, -0.05) is 0 Å². The van der Waals surface area contributed by atoms with Gasteiger partial charge in [0.1, 0.15) is 6.10 Å². The van der Waals surface area contributed by atoms with Crippen molar-refractivity contribution in [3.63, 3.8) is 0 Å². The summed E-state index contributed by atoms with van der Waals surface area (Å²) in [7, 11) is 1.96. The SMILES string of the molecule is Cn1cccc1CNC(=O)C1CCC(CN)O1. The van der Waals surface area contributed by atoms with Gasteiger partial charge in [0.25, 0.3) is 0 Å². The first kappa shape index (κ1) is 12.1. The highest BCUT2D eigenvalue weighted by molar-refractivity contribution is 5.80. The first-order valence-electron chi connectivity index (χ1n) is 5.94. The van der Waals surface area contributed by atoms with Crippen LogP contribution in [-0.4, -0.2) is 29.2 Å². The molecule has 3 N–H and O–H groups in total. The van der Waals surface area contributed by atoms with Crippen molar-refractivity contribution in [1.29, 1.82) is 0 Å². The molecule has 0 bridgehead atoms. The van der Waals surface area contributed by atoms with Crippen molar-refractivity contribution in [1.82, 2.24) is 9.88 Å². The molecule has 1 aliphatic heterocycles. The second-order valence-corrected chi connectivity index (χ2v) is 4.39. The Hall–Kier alpha value is -1.33. The van der Waals surface area contributed by atoms with Crippen molar-refractivity contribution in [3.05, 3.63) is 24.0 Å². The number of nitrogens with one attached hydrogen (secondary N) is 1. The number of ether oxygens (including phenoxy) is 1. The maximum Gasteiger partial charge on any atom is 0.249 e. The molecule has 2 atom stereocenters. The number of hydrogen-bond donors (Lipinski definition) is 2. The summed E-state index contributed by atoms with van der Waals surface area (Å²) in [5.41, 5.74) is 6.58. The maximum atomic E-state index is 11.8. The lowest BCUT2D eigenvalue weighted by molar-refractivity contribution is -0.132. The molecular formula is C12H19N3O2. The molecule has 5 nitrogen and oxygen atoms in total. The monoisotopic (exact) mass is 237 g/mol. The van der Waals surface area contributed by atoms with Crippen molar-refractivity contribution < 1.29 is 9.53 Å². The van der Waals surface area contributed by atoms with E-state index in [1.807, 2.05) is 29.9 Å². The van der Waals surface area contributed by atoms with Crippen LogP contribution in [0.1, 0.15) is 18.5 Å². The van der Waals surface area contributed by atoms with Crippen LogP contribution in [0, 0.1) is 0 Å². The Morgan fingerprint density at radius 2 is 2.47 bits per heavy atom. The third kappa shape index (κ3) is 2.87. The van der Waals surface area contributed by atoms with Crippen molar-refractivity contribution in [2.75, 3.05) is 6.54 Å². The third-order valence-electron chi connectivity index (χ3n) is 3.16. The highest BCUT2D eigenvalue weighted by atomic mass is 16.5. The van der Waals surface area contributed by atoms with E-state index in [9.17, 15) is 4.79 Å². The molecule has 5 heteroatoms. The van der Waals surface area contributed by atoms with Crippen LogP contribution in [0.2, 0.25) is 0 Å². The van der Waals surface area contributed by atoms with Crippen LogP contribution in [0.15, 0.2) is 18.3 Å². The molecule has 0 saturated carbocycles. The van der Waals surface area contributed by atoms with Gasteiger partial charge in [-0.15, -0.1) is 0 Å². The van der Waals surface area contributed by atoms with E-state index in [0.717, 1.165) is 18.5 Å². The third-order valence-corrected chi connectivity index (χ3v) is 3.16. The number of carbonyl (C=O) groups excluding carboxylic acids is 1. The number of rotatable bonds is 4. The van der Waals surface area contributed by atoms with Gasteiger partial charge in [0.05, 0.1) is 12.6 Å². The van der Waals surface area contributed by atoms with E-state index >= 15 is 0 Å². The summed E-state index contributed by atoms with van der Waals surface area (Å²) in [4.78, 5) is 11.8. The molecular weight excluding hydrogens is 218 g/mol. The molecule has 1 amide bonds. The quantitative estimate of drug-likeness (QED) is 0.783. The van der Waals surface area contributed by atoms with Crippen LogP contribution in [0.4, 0.5) is 0 Å². The molecule has 2 rings (SSSR count). The largest absolute Gasteiger partial charge is 0.364 e. The van der Waals surface area contributed by atoms with Gasteiger partial charge in [0.15, 0.2) is 0 Å². The standard InChI is InChI=1S/C12H19N3O2/c1-15-6-2-3-9(15)8-14-12(16)11-5-4-10(7-13)17-11/h2-3,6,10-11H,4-5,7-8,13H2,1H3,(H,14,16). The molecule has 0 aliphatic carbocycles. The van der Waals surface area contributed by atoms with Gasteiger partial charge < -0.3 is 20.4 Å².